The number of fused-ring (bicyclic) bond motifs is 1. The summed E-state index contributed by atoms with van der Waals surface area (Å²) in [6.07, 6.45) is -0.965. The molecular formula is C11H15NO6. The maximum atomic E-state index is 12.0. The van der Waals surface area contributed by atoms with E-state index in [-0.39, 0.29) is 0 Å². The quantitative estimate of drug-likeness (QED) is 0.463. The number of cyclic esters (lactones) is 1. The van der Waals surface area contributed by atoms with E-state index in [1.54, 1.807) is 0 Å². The Morgan fingerprint density at radius 3 is 2.50 bits per heavy atom. The Hall–Kier alpha value is -1.63. The van der Waals surface area contributed by atoms with Crippen molar-refractivity contribution in [3.8, 4) is 0 Å². The molecule has 2 saturated heterocycles. The summed E-state index contributed by atoms with van der Waals surface area (Å²) >= 11 is 0. The van der Waals surface area contributed by atoms with Gasteiger partial charge < -0.3 is 19.5 Å². The Labute approximate surface area is 104 Å². The summed E-state index contributed by atoms with van der Waals surface area (Å²) in [5, 5.41) is 10.7. The molecule has 0 aliphatic carbocycles. The number of aliphatic hydroxyl groups is 1. The summed E-state index contributed by atoms with van der Waals surface area (Å²) in [7, 11) is 2.38. The van der Waals surface area contributed by atoms with Gasteiger partial charge in [0.25, 0.3) is 5.54 Å². The Bertz CT molecular complexity index is 439. The molecule has 7 nitrogen and oxygen atoms in total. The van der Waals surface area contributed by atoms with Gasteiger partial charge in [0, 0.05) is 7.05 Å². The minimum Gasteiger partial charge on any atom is -0.467 e. The van der Waals surface area contributed by atoms with Crippen LogP contribution in [0.4, 0.5) is 0 Å². The molecule has 0 radical (unpaired) electrons. The average molecular weight is 257 g/mol. The third-order valence-corrected chi connectivity index (χ3v) is 4.12. The van der Waals surface area contributed by atoms with Gasteiger partial charge in [-0.25, -0.2) is 9.59 Å². The zero-order valence-corrected chi connectivity index (χ0v) is 10.6. The number of ether oxygens (including phenoxy) is 2. The summed E-state index contributed by atoms with van der Waals surface area (Å²) in [6, 6.07) is 0. The van der Waals surface area contributed by atoms with E-state index in [0.717, 1.165) is 12.0 Å². The minimum absolute atomic E-state index is 0.494. The standard InChI is InChI=1S/C11H15NO6/c1-5-7(13)12(3)10(8(14)17-4)9(15)18-6(2)11(5,10)16/h5-6,16H,1-4H3/t5?,6-,10?,11?/m1/s1. The van der Waals surface area contributed by atoms with E-state index < -0.39 is 41.0 Å². The van der Waals surface area contributed by atoms with Crippen LogP contribution in [0, 0.1) is 5.92 Å². The van der Waals surface area contributed by atoms with Gasteiger partial charge in [-0.1, -0.05) is 6.92 Å². The molecule has 0 aromatic carbocycles. The molecule has 2 aliphatic rings. The molecule has 100 valence electrons. The first-order chi connectivity index (χ1) is 8.26. The van der Waals surface area contributed by atoms with Gasteiger partial charge in [0.2, 0.25) is 5.91 Å². The fourth-order valence-corrected chi connectivity index (χ4v) is 3.04. The number of carbonyl (C=O) groups excluding carboxylic acids is 3. The second-order valence-corrected chi connectivity index (χ2v) is 4.69. The monoisotopic (exact) mass is 257 g/mol. The molecule has 3 unspecified atom stereocenters. The third-order valence-electron chi connectivity index (χ3n) is 4.12. The highest BCUT2D eigenvalue weighted by molar-refractivity contribution is 6.14. The van der Waals surface area contributed by atoms with E-state index in [9.17, 15) is 19.5 Å². The number of esters is 2. The Kier molecular flexibility index (Phi) is 2.45. The summed E-state index contributed by atoms with van der Waals surface area (Å²) in [5.74, 6) is -3.36. The van der Waals surface area contributed by atoms with Gasteiger partial charge in [-0.15, -0.1) is 0 Å². The highest BCUT2D eigenvalue weighted by atomic mass is 16.6. The normalized spacial score (nSPS) is 42.8. The van der Waals surface area contributed by atoms with Crippen molar-refractivity contribution in [1.82, 2.24) is 4.90 Å². The van der Waals surface area contributed by atoms with Gasteiger partial charge in [0.05, 0.1) is 13.0 Å². The average Bonchev–Trinajstić information content (AvgIpc) is 2.63. The zero-order valence-electron chi connectivity index (χ0n) is 10.6. The van der Waals surface area contributed by atoms with Crippen LogP contribution in [0.1, 0.15) is 13.8 Å². The van der Waals surface area contributed by atoms with E-state index >= 15 is 0 Å². The lowest BCUT2D eigenvalue weighted by molar-refractivity contribution is -0.171. The van der Waals surface area contributed by atoms with Crippen molar-refractivity contribution in [3.05, 3.63) is 0 Å². The largest absolute Gasteiger partial charge is 0.467 e. The minimum atomic E-state index is -2.10. The van der Waals surface area contributed by atoms with Crippen molar-refractivity contribution >= 4 is 17.8 Å². The lowest BCUT2D eigenvalue weighted by Crippen LogP contribution is -2.66. The van der Waals surface area contributed by atoms with E-state index in [0.29, 0.717) is 0 Å². The summed E-state index contributed by atoms with van der Waals surface area (Å²) in [4.78, 5) is 36.9. The number of hydrogen-bond acceptors (Lipinski definition) is 6. The maximum Gasteiger partial charge on any atom is 0.347 e. The molecule has 4 atom stereocenters. The first-order valence-corrected chi connectivity index (χ1v) is 5.55. The highest BCUT2D eigenvalue weighted by Gasteiger charge is 2.81. The van der Waals surface area contributed by atoms with Crippen LogP contribution < -0.4 is 0 Å². The predicted molar refractivity (Wildman–Crippen MR) is 57.2 cm³/mol. The van der Waals surface area contributed by atoms with Crippen LogP contribution in [0.25, 0.3) is 0 Å². The van der Waals surface area contributed by atoms with Gasteiger partial charge in [-0.3, -0.25) is 4.79 Å². The highest BCUT2D eigenvalue weighted by Crippen LogP contribution is 2.51. The van der Waals surface area contributed by atoms with E-state index in [1.165, 1.54) is 20.9 Å². The Morgan fingerprint density at radius 2 is 2.00 bits per heavy atom. The number of hydrogen-bond donors (Lipinski definition) is 1. The summed E-state index contributed by atoms with van der Waals surface area (Å²) in [5.41, 5.74) is -4.01. The SMILES string of the molecule is COC(=O)C12C(=O)O[C@H](C)C1(O)C(C)C(=O)N2C. The molecule has 2 rings (SSSR count). The lowest BCUT2D eigenvalue weighted by atomic mass is 9.74. The van der Waals surface area contributed by atoms with Crippen molar-refractivity contribution in [2.24, 2.45) is 5.92 Å². The van der Waals surface area contributed by atoms with E-state index in [4.69, 9.17) is 4.74 Å². The molecule has 2 fully saturated rings. The van der Waals surface area contributed by atoms with Gasteiger partial charge in [0.1, 0.15) is 6.10 Å². The topological polar surface area (TPSA) is 93.1 Å². The van der Waals surface area contributed by atoms with Crippen molar-refractivity contribution in [3.63, 3.8) is 0 Å². The number of methoxy groups -OCH3 is 1. The number of likely N-dealkylation sites (N-methyl/N-ethyl adjacent to an activating group) is 1. The van der Waals surface area contributed by atoms with Crippen LogP contribution in [0.2, 0.25) is 0 Å². The molecule has 1 N–H and O–H groups in total. The second-order valence-electron chi connectivity index (χ2n) is 4.69. The molecule has 18 heavy (non-hydrogen) atoms. The van der Waals surface area contributed by atoms with Crippen molar-refractivity contribution < 1.29 is 29.0 Å². The number of nitrogens with zero attached hydrogens (tertiary/aromatic N) is 1. The molecule has 2 aliphatic heterocycles. The molecule has 2 heterocycles. The fraction of sp³-hybridized carbons (Fsp3) is 0.727. The van der Waals surface area contributed by atoms with Crippen LogP contribution in [0.15, 0.2) is 0 Å². The molecule has 0 saturated carbocycles. The summed E-state index contributed by atoms with van der Waals surface area (Å²) in [6.45, 7) is 2.91. The molecule has 0 spiro atoms. The number of carbonyl (C=O) groups is 3. The Balaban J connectivity index is 2.73. The maximum absolute atomic E-state index is 12.0. The van der Waals surface area contributed by atoms with E-state index in [1.807, 2.05) is 0 Å². The second kappa shape index (κ2) is 3.44. The van der Waals surface area contributed by atoms with Gasteiger partial charge in [0.15, 0.2) is 5.60 Å². The smallest absolute Gasteiger partial charge is 0.347 e. The predicted octanol–water partition coefficient (Wildman–Crippen LogP) is -1.32. The van der Waals surface area contributed by atoms with Gasteiger partial charge in [-0.2, -0.15) is 0 Å². The van der Waals surface area contributed by atoms with Crippen molar-refractivity contribution in [1.29, 1.82) is 0 Å². The molecule has 7 heteroatoms. The van der Waals surface area contributed by atoms with Crippen molar-refractivity contribution in [2.45, 2.75) is 31.1 Å². The van der Waals surface area contributed by atoms with Crippen LogP contribution >= 0.6 is 0 Å². The molecule has 0 aromatic heterocycles. The Morgan fingerprint density at radius 1 is 1.44 bits per heavy atom. The fourth-order valence-electron chi connectivity index (χ4n) is 3.04. The lowest BCUT2D eigenvalue weighted by Gasteiger charge is -2.34. The summed E-state index contributed by atoms with van der Waals surface area (Å²) < 4.78 is 9.56. The molecule has 1 amide bonds. The van der Waals surface area contributed by atoms with Crippen LogP contribution in [-0.2, 0) is 23.9 Å². The molecular weight excluding hydrogens is 242 g/mol. The van der Waals surface area contributed by atoms with Gasteiger partial charge >= 0.3 is 11.9 Å². The number of rotatable bonds is 1. The first kappa shape index (κ1) is 12.8. The van der Waals surface area contributed by atoms with Crippen LogP contribution in [-0.4, -0.2) is 59.3 Å². The molecule has 0 bridgehead atoms. The first-order valence-electron chi connectivity index (χ1n) is 5.55. The molecule has 0 aromatic rings. The zero-order chi connectivity index (χ0) is 13.9. The van der Waals surface area contributed by atoms with Crippen LogP contribution in [0.5, 0.6) is 0 Å². The van der Waals surface area contributed by atoms with Crippen molar-refractivity contribution in [2.75, 3.05) is 14.2 Å². The third kappa shape index (κ3) is 0.973. The van der Waals surface area contributed by atoms with Gasteiger partial charge in [-0.05, 0) is 6.92 Å². The van der Waals surface area contributed by atoms with E-state index in [2.05, 4.69) is 4.74 Å². The number of likely N-dealkylation sites (tertiary alicyclic amines) is 1. The number of amides is 1. The van der Waals surface area contributed by atoms with Crippen LogP contribution in [0.3, 0.4) is 0 Å².